The summed E-state index contributed by atoms with van der Waals surface area (Å²) in [4.78, 5) is 0. The quantitative estimate of drug-likeness (QED) is 0.686. The van der Waals surface area contributed by atoms with Crippen molar-refractivity contribution in [2.75, 3.05) is 10.5 Å². The summed E-state index contributed by atoms with van der Waals surface area (Å²) < 4.78 is 40.7. The second kappa shape index (κ2) is 3.91. The highest BCUT2D eigenvalue weighted by atomic mass is 32.2. The Labute approximate surface area is 93.0 Å². The lowest BCUT2D eigenvalue weighted by molar-refractivity contribution is 0.584. The van der Waals surface area contributed by atoms with Crippen molar-refractivity contribution >= 4 is 21.6 Å². The highest BCUT2D eigenvalue weighted by molar-refractivity contribution is 7.90. The summed E-state index contributed by atoms with van der Waals surface area (Å²) in [5.74, 6) is -0.693. The number of nitrogens with one attached hydrogen (secondary N) is 2. The van der Waals surface area contributed by atoms with Crippen LogP contribution in [0.25, 0.3) is 0 Å². The molecule has 88 valence electrons. The molecule has 0 radical (unpaired) electrons. The highest BCUT2D eigenvalue weighted by Gasteiger charge is 2.27. The fraction of sp³-hybridized carbons (Fsp3) is 0.333. The third-order valence-corrected chi connectivity index (χ3v) is 3.27. The van der Waals surface area contributed by atoms with Gasteiger partial charge in [0, 0.05) is 11.7 Å². The standard InChI is InChI=1S/C9H12FN3O2S/c10-8-5-6(11)1-4-9(8)13-16(14,15)12-7-2-3-7/h1,4-5,7,12-13H,2-3,11H2. The maximum Gasteiger partial charge on any atom is 0.299 e. The average Bonchev–Trinajstić information content (AvgIpc) is 2.93. The lowest BCUT2D eigenvalue weighted by Gasteiger charge is -2.09. The zero-order chi connectivity index (χ0) is 11.8. The van der Waals surface area contributed by atoms with Crippen molar-refractivity contribution in [1.82, 2.24) is 4.72 Å². The topological polar surface area (TPSA) is 84.2 Å². The molecule has 0 aromatic heterocycles. The van der Waals surface area contributed by atoms with Crippen LogP contribution in [0.2, 0.25) is 0 Å². The molecule has 0 aliphatic heterocycles. The number of benzene rings is 1. The minimum absolute atomic E-state index is 0.0191. The lowest BCUT2D eigenvalue weighted by atomic mass is 10.3. The number of hydrogen-bond acceptors (Lipinski definition) is 3. The summed E-state index contributed by atoms with van der Waals surface area (Å²) in [5.41, 5.74) is 5.49. The first-order chi connectivity index (χ1) is 7.46. The lowest BCUT2D eigenvalue weighted by Crippen LogP contribution is -2.32. The summed E-state index contributed by atoms with van der Waals surface area (Å²) in [5, 5.41) is 0. The van der Waals surface area contributed by atoms with Crippen LogP contribution in [0, 0.1) is 5.82 Å². The Morgan fingerprint density at radius 2 is 2.06 bits per heavy atom. The van der Waals surface area contributed by atoms with E-state index in [4.69, 9.17) is 5.73 Å². The molecule has 4 N–H and O–H groups in total. The van der Waals surface area contributed by atoms with Crippen molar-refractivity contribution in [3.05, 3.63) is 24.0 Å². The molecule has 1 aliphatic rings. The van der Waals surface area contributed by atoms with Gasteiger partial charge in [-0.15, -0.1) is 0 Å². The van der Waals surface area contributed by atoms with Gasteiger partial charge in [-0.05, 0) is 31.0 Å². The fourth-order valence-corrected chi connectivity index (χ4v) is 2.40. The number of anilines is 2. The van der Waals surface area contributed by atoms with Gasteiger partial charge in [0.05, 0.1) is 5.69 Å². The van der Waals surface area contributed by atoms with Crippen LogP contribution in [-0.4, -0.2) is 14.5 Å². The van der Waals surface area contributed by atoms with Gasteiger partial charge in [-0.3, -0.25) is 4.72 Å². The summed E-state index contributed by atoms with van der Waals surface area (Å²) >= 11 is 0. The van der Waals surface area contributed by atoms with Crippen LogP contribution in [0.1, 0.15) is 12.8 Å². The van der Waals surface area contributed by atoms with Gasteiger partial charge in [0.1, 0.15) is 5.82 Å². The van der Waals surface area contributed by atoms with E-state index in [0.717, 1.165) is 18.9 Å². The van der Waals surface area contributed by atoms with Gasteiger partial charge in [0.15, 0.2) is 0 Å². The largest absolute Gasteiger partial charge is 0.399 e. The van der Waals surface area contributed by atoms with Crippen LogP contribution in [0.4, 0.5) is 15.8 Å². The molecule has 5 nitrogen and oxygen atoms in total. The zero-order valence-electron chi connectivity index (χ0n) is 8.40. The molecule has 2 rings (SSSR count). The molecule has 1 fully saturated rings. The van der Waals surface area contributed by atoms with Crippen molar-refractivity contribution < 1.29 is 12.8 Å². The molecule has 0 spiro atoms. The van der Waals surface area contributed by atoms with Crippen molar-refractivity contribution in [2.24, 2.45) is 0 Å². The van der Waals surface area contributed by atoms with Gasteiger partial charge in [0.25, 0.3) is 10.2 Å². The number of rotatable bonds is 4. The summed E-state index contributed by atoms with van der Waals surface area (Å²) in [6.45, 7) is 0. The smallest absolute Gasteiger partial charge is 0.299 e. The molecule has 1 aliphatic carbocycles. The summed E-state index contributed by atoms with van der Waals surface area (Å²) in [7, 11) is -3.69. The van der Waals surface area contributed by atoms with Gasteiger partial charge < -0.3 is 5.73 Å². The molecule has 0 heterocycles. The predicted molar refractivity (Wildman–Crippen MR) is 59.5 cm³/mol. The van der Waals surface area contributed by atoms with Gasteiger partial charge in [-0.1, -0.05) is 0 Å². The SMILES string of the molecule is Nc1ccc(NS(=O)(=O)NC2CC2)c(F)c1. The zero-order valence-corrected chi connectivity index (χ0v) is 9.22. The monoisotopic (exact) mass is 245 g/mol. The van der Waals surface area contributed by atoms with E-state index >= 15 is 0 Å². The first-order valence-corrected chi connectivity index (χ1v) is 6.30. The third-order valence-electron chi connectivity index (χ3n) is 2.14. The Morgan fingerprint density at radius 3 is 2.62 bits per heavy atom. The van der Waals surface area contributed by atoms with E-state index in [1.165, 1.54) is 12.1 Å². The third kappa shape index (κ3) is 2.83. The minimum atomic E-state index is -3.69. The number of hydrogen-bond donors (Lipinski definition) is 3. The van der Waals surface area contributed by atoms with E-state index in [1.54, 1.807) is 0 Å². The van der Waals surface area contributed by atoms with Crippen LogP contribution in [0.3, 0.4) is 0 Å². The van der Waals surface area contributed by atoms with E-state index in [-0.39, 0.29) is 17.4 Å². The molecule has 7 heteroatoms. The first-order valence-electron chi connectivity index (χ1n) is 4.81. The molecule has 1 aromatic rings. The van der Waals surface area contributed by atoms with Crippen LogP contribution in [0.5, 0.6) is 0 Å². The van der Waals surface area contributed by atoms with E-state index < -0.39 is 16.0 Å². The average molecular weight is 245 g/mol. The molecule has 0 bridgehead atoms. The van der Waals surface area contributed by atoms with Crippen molar-refractivity contribution in [1.29, 1.82) is 0 Å². The predicted octanol–water partition coefficient (Wildman–Crippen LogP) is 0.817. The maximum absolute atomic E-state index is 13.3. The molecule has 1 aromatic carbocycles. The molecule has 0 atom stereocenters. The molecular formula is C9H12FN3O2S. The Balaban J connectivity index is 2.13. The fourth-order valence-electron chi connectivity index (χ4n) is 1.21. The molecule has 1 saturated carbocycles. The second-order valence-corrected chi connectivity index (χ2v) is 5.18. The molecule has 16 heavy (non-hydrogen) atoms. The van der Waals surface area contributed by atoms with Crippen LogP contribution in [-0.2, 0) is 10.2 Å². The van der Waals surface area contributed by atoms with E-state index in [9.17, 15) is 12.8 Å². The van der Waals surface area contributed by atoms with Gasteiger partial charge in [0.2, 0.25) is 0 Å². The second-order valence-electron chi connectivity index (χ2n) is 3.74. The van der Waals surface area contributed by atoms with Gasteiger partial charge >= 0.3 is 0 Å². The number of halogens is 1. The van der Waals surface area contributed by atoms with Crippen LogP contribution in [0.15, 0.2) is 18.2 Å². The first kappa shape index (κ1) is 11.2. The van der Waals surface area contributed by atoms with E-state index in [0.29, 0.717) is 0 Å². The number of nitrogen functional groups attached to an aromatic ring is 1. The molecule has 0 saturated heterocycles. The normalized spacial score (nSPS) is 16.1. The molecule has 0 unspecified atom stereocenters. The minimum Gasteiger partial charge on any atom is -0.399 e. The van der Waals surface area contributed by atoms with Gasteiger partial charge in [-0.2, -0.15) is 13.1 Å². The molecular weight excluding hydrogens is 233 g/mol. The maximum atomic E-state index is 13.3. The highest BCUT2D eigenvalue weighted by Crippen LogP contribution is 2.22. The van der Waals surface area contributed by atoms with Gasteiger partial charge in [-0.25, -0.2) is 4.39 Å². The Kier molecular flexibility index (Phi) is 2.73. The van der Waals surface area contributed by atoms with E-state index in [2.05, 4.69) is 9.44 Å². The Hall–Kier alpha value is -1.34. The summed E-state index contributed by atoms with van der Waals surface area (Å²) in [6.07, 6.45) is 1.65. The van der Waals surface area contributed by atoms with Crippen molar-refractivity contribution in [2.45, 2.75) is 18.9 Å². The van der Waals surface area contributed by atoms with Crippen LogP contribution < -0.4 is 15.2 Å². The number of nitrogens with two attached hydrogens (primary N) is 1. The Morgan fingerprint density at radius 1 is 1.38 bits per heavy atom. The Bertz CT molecular complexity index is 499. The van der Waals surface area contributed by atoms with E-state index in [1.807, 2.05) is 0 Å². The molecule has 0 amide bonds. The van der Waals surface area contributed by atoms with Crippen LogP contribution >= 0.6 is 0 Å². The van der Waals surface area contributed by atoms with Crippen molar-refractivity contribution in [3.63, 3.8) is 0 Å². The summed E-state index contributed by atoms with van der Waals surface area (Å²) in [6, 6.07) is 3.76. The van der Waals surface area contributed by atoms with Crippen molar-refractivity contribution in [3.8, 4) is 0 Å².